The molecular weight excluding hydrogens is 503 g/mol. The number of fused-ring (bicyclic) bond motifs is 1. The summed E-state index contributed by atoms with van der Waals surface area (Å²) in [5, 5.41) is 0.759. The van der Waals surface area contributed by atoms with Crippen LogP contribution in [-0.2, 0) is 17.3 Å². The molecule has 0 radical (unpaired) electrons. The number of halogens is 3. The van der Waals surface area contributed by atoms with Gasteiger partial charge in [0.1, 0.15) is 11.4 Å². The van der Waals surface area contributed by atoms with Crippen molar-refractivity contribution in [2.75, 3.05) is 13.7 Å². The van der Waals surface area contributed by atoms with Crippen molar-refractivity contribution < 1.29 is 27.4 Å². The number of alkyl halides is 3. The van der Waals surface area contributed by atoms with Gasteiger partial charge in [-0.2, -0.15) is 13.2 Å². The first-order valence-corrected chi connectivity index (χ1v) is 12.5. The SMILES string of the molecule is CCOC(=O)c1[nH]c2ccc(-c3ccc(OC)cc3)c(Cc3cccc(C(F)(F)F)c3)c2c1-c1ccccc1. The molecule has 0 atom stereocenters. The number of benzene rings is 4. The Bertz CT molecular complexity index is 1620. The topological polar surface area (TPSA) is 51.3 Å². The molecule has 0 spiro atoms. The van der Waals surface area contributed by atoms with E-state index in [1.807, 2.05) is 66.7 Å². The number of carbonyl (C=O) groups is 1. The van der Waals surface area contributed by atoms with E-state index in [9.17, 15) is 18.0 Å². The van der Waals surface area contributed by atoms with Crippen molar-refractivity contribution in [2.24, 2.45) is 0 Å². The highest BCUT2D eigenvalue weighted by Gasteiger charge is 2.31. The van der Waals surface area contributed by atoms with Crippen molar-refractivity contribution in [1.82, 2.24) is 4.98 Å². The number of ether oxygens (including phenoxy) is 2. The zero-order valence-electron chi connectivity index (χ0n) is 21.4. The van der Waals surface area contributed by atoms with E-state index >= 15 is 0 Å². The van der Waals surface area contributed by atoms with E-state index in [2.05, 4.69) is 4.98 Å². The lowest BCUT2D eigenvalue weighted by atomic mass is 9.88. The molecule has 0 fully saturated rings. The third kappa shape index (κ3) is 5.25. The maximum absolute atomic E-state index is 13.6. The van der Waals surface area contributed by atoms with Gasteiger partial charge in [-0.3, -0.25) is 0 Å². The molecule has 4 nitrogen and oxygen atoms in total. The second kappa shape index (κ2) is 10.7. The molecule has 39 heavy (non-hydrogen) atoms. The van der Waals surface area contributed by atoms with Crippen molar-refractivity contribution in [3.63, 3.8) is 0 Å². The van der Waals surface area contributed by atoms with E-state index in [-0.39, 0.29) is 13.0 Å². The van der Waals surface area contributed by atoms with Crippen molar-refractivity contribution in [3.8, 4) is 28.0 Å². The van der Waals surface area contributed by atoms with E-state index in [1.165, 1.54) is 12.1 Å². The van der Waals surface area contributed by atoms with Crippen LogP contribution >= 0.6 is 0 Å². The number of methoxy groups -OCH3 is 1. The Morgan fingerprint density at radius 2 is 1.62 bits per heavy atom. The minimum absolute atomic E-state index is 0.205. The Morgan fingerprint density at radius 1 is 0.872 bits per heavy atom. The average molecular weight is 530 g/mol. The third-order valence-electron chi connectivity index (χ3n) is 6.65. The quantitative estimate of drug-likeness (QED) is 0.216. The highest BCUT2D eigenvalue weighted by molar-refractivity contribution is 6.10. The molecule has 0 saturated carbocycles. The Kier molecular flexibility index (Phi) is 7.15. The number of rotatable bonds is 7. The van der Waals surface area contributed by atoms with Gasteiger partial charge >= 0.3 is 12.1 Å². The van der Waals surface area contributed by atoms with Gasteiger partial charge in [-0.15, -0.1) is 0 Å². The van der Waals surface area contributed by atoms with Crippen molar-refractivity contribution in [3.05, 3.63) is 113 Å². The van der Waals surface area contributed by atoms with Gasteiger partial charge in [0.15, 0.2) is 0 Å². The van der Waals surface area contributed by atoms with E-state index in [1.54, 1.807) is 20.1 Å². The smallest absolute Gasteiger partial charge is 0.416 e. The lowest BCUT2D eigenvalue weighted by Crippen LogP contribution is -2.06. The molecule has 0 amide bonds. The van der Waals surface area contributed by atoms with Gasteiger partial charge in [-0.05, 0) is 65.4 Å². The number of aromatic nitrogens is 1. The summed E-state index contributed by atoms with van der Waals surface area (Å²) in [4.78, 5) is 16.3. The first kappa shape index (κ1) is 26.1. The van der Waals surface area contributed by atoms with Crippen LogP contribution < -0.4 is 4.74 Å². The monoisotopic (exact) mass is 529 g/mol. The minimum Gasteiger partial charge on any atom is -0.497 e. The molecule has 0 saturated heterocycles. The zero-order chi connectivity index (χ0) is 27.6. The molecule has 4 aromatic carbocycles. The predicted octanol–water partition coefficient (Wildman–Crippen LogP) is 8.30. The molecule has 0 unspecified atom stereocenters. The molecule has 0 aliphatic heterocycles. The fourth-order valence-electron chi connectivity index (χ4n) is 4.90. The van der Waals surface area contributed by atoms with Crippen molar-refractivity contribution in [2.45, 2.75) is 19.5 Å². The van der Waals surface area contributed by atoms with Gasteiger partial charge < -0.3 is 14.5 Å². The van der Waals surface area contributed by atoms with Crippen LogP contribution in [0.15, 0.2) is 91.0 Å². The average Bonchev–Trinajstić information content (AvgIpc) is 3.34. The maximum Gasteiger partial charge on any atom is 0.416 e. The van der Waals surface area contributed by atoms with Crippen LogP contribution in [0.4, 0.5) is 13.2 Å². The zero-order valence-corrected chi connectivity index (χ0v) is 21.4. The first-order chi connectivity index (χ1) is 18.8. The number of H-pyrrole nitrogens is 1. The number of hydrogen-bond acceptors (Lipinski definition) is 3. The summed E-state index contributed by atoms with van der Waals surface area (Å²) in [5.74, 6) is 0.194. The lowest BCUT2D eigenvalue weighted by Gasteiger charge is -2.15. The van der Waals surface area contributed by atoms with Gasteiger partial charge in [-0.25, -0.2) is 4.79 Å². The predicted molar refractivity (Wildman–Crippen MR) is 146 cm³/mol. The van der Waals surface area contributed by atoms with Gasteiger partial charge in [0.05, 0.1) is 19.3 Å². The number of esters is 1. The molecule has 198 valence electrons. The lowest BCUT2D eigenvalue weighted by molar-refractivity contribution is -0.137. The van der Waals surface area contributed by atoms with E-state index in [4.69, 9.17) is 9.47 Å². The Labute approximate surface area is 224 Å². The van der Waals surface area contributed by atoms with Crippen LogP contribution in [0.2, 0.25) is 0 Å². The number of hydrogen-bond donors (Lipinski definition) is 1. The highest BCUT2D eigenvalue weighted by Crippen LogP contribution is 2.41. The Morgan fingerprint density at radius 3 is 2.28 bits per heavy atom. The van der Waals surface area contributed by atoms with Crippen molar-refractivity contribution >= 4 is 16.9 Å². The van der Waals surface area contributed by atoms with Crippen LogP contribution in [0, 0.1) is 0 Å². The van der Waals surface area contributed by atoms with Crippen LogP contribution in [0.3, 0.4) is 0 Å². The van der Waals surface area contributed by atoms with Crippen molar-refractivity contribution in [1.29, 1.82) is 0 Å². The summed E-state index contributed by atoms with van der Waals surface area (Å²) in [6.45, 7) is 1.94. The molecular formula is C32H26F3NO3. The maximum atomic E-state index is 13.6. The molecule has 1 N–H and O–H groups in total. The Balaban J connectivity index is 1.81. The van der Waals surface area contributed by atoms with Gasteiger partial charge in [0.2, 0.25) is 0 Å². The summed E-state index contributed by atoms with van der Waals surface area (Å²) in [6, 6.07) is 26.1. The Hall–Kier alpha value is -4.52. The molecule has 7 heteroatoms. The first-order valence-electron chi connectivity index (χ1n) is 12.5. The molecule has 1 aromatic heterocycles. The largest absolute Gasteiger partial charge is 0.497 e. The standard InChI is InChI=1S/C32H26F3NO3/c1-3-39-31(37)30-28(22-9-5-4-6-10-22)29-26(19-20-8-7-11-23(18-20)32(33,34)35)25(16-17-27(29)36-30)21-12-14-24(38-2)15-13-21/h4-18,36H,3,19H2,1-2H3. The number of aromatic amines is 1. The number of carbonyl (C=O) groups excluding carboxylic acids is 1. The van der Waals surface area contributed by atoms with E-state index in [0.29, 0.717) is 28.1 Å². The molecule has 0 aliphatic carbocycles. The normalized spacial score (nSPS) is 11.5. The summed E-state index contributed by atoms with van der Waals surface area (Å²) >= 11 is 0. The molecule has 5 rings (SSSR count). The summed E-state index contributed by atoms with van der Waals surface area (Å²) in [7, 11) is 1.59. The fraction of sp³-hybridized carbons (Fsp3) is 0.156. The fourth-order valence-corrected chi connectivity index (χ4v) is 4.90. The molecule has 1 heterocycles. The second-order valence-electron chi connectivity index (χ2n) is 9.08. The molecule has 0 aliphatic rings. The van der Waals surface area contributed by atoms with E-state index in [0.717, 1.165) is 33.7 Å². The van der Waals surface area contributed by atoms with E-state index < -0.39 is 17.7 Å². The molecule has 5 aromatic rings. The highest BCUT2D eigenvalue weighted by atomic mass is 19.4. The summed E-state index contributed by atoms with van der Waals surface area (Å²) in [6.07, 6.45) is -4.25. The second-order valence-corrected chi connectivity index (χ2v) is 9.08. The third-order valence-corrected chi connectivity index (χ3v) is 6.65. The van der Waals surface area contributed by atoms with Gasteiger partial charge in [0, 0.05) is 16.5 Å². The number of nitrogens with one attached hydrogen (secondary N) is 1. The van der Waals surface area contributed by atoms with Gasteiger partial charge in [-0.1, -0.05) is 66.7 Å². The van der Waals surface area contributed by atoms with Crippen LogP contribution in [0.25, 0.3) is 33.2 Å². The molecule has 0 bridgehead atoms. The van der Waals surface area contributed by atoms with Crippen LogP contribution in [-0.4, -0.2) is 24.7 Å². The summed E-state index contributed by atoms with van der Waals surface area (Å²) < 4.78 is 51.3. The van der Waals surface area contributed by atoms with Crippen LogP contribution in [0.5, 0.6) is 5.75 Å². The minimum atomic E-state index is -4.46. The summed E-state index contributed by atoms with van der Waals surface area (Å²) in [5.41, 5.74) is 4.75. The van der Waals surface area contributed by atoms with Crippen LogP contribution in [0.1, 0.15) is 34.1 Å². The van der Waals surface area contributed by atoms with Gasteiger partial charge in [0.25, 0.3) is 0 Å².